The van der Waals surface area contributed by atoms with Crippen molar-refractivity contribution in [1.82, 2.24) is 0 Å². The fourth-order valence-electron chi connectivity index (χ4n) is 2.23. The summed E-state index contributed by atoms with van der Waals surface area (Å²) in [4.78, 5) is 12.9. The van der Waals surface area contributed by atoms with Gasteiger partial charge in [0.1, 0.15) is 0 Å². The van der Waals surface area contributed by atoms with Crippen LogP contribution in [-0.2, 0) is 0 Å². The van der Waals surface area contributed by atoms with Gasteiger partial charge in [-0.25, -0.2) is 0 Å². The molecule has 126 valence electrons. The molecular formula is C18H17BrO4S. The molecule has 2 aromatic rings. The van der Waals surface area contributed by atoms with Gasteiger partial charge in [0.15, 0.2) is 17.3 Å². The summed E-state index contributed by atoms with van der Waals surface area (Å²) < 4.78 is 16.8. The van der Waals surface area contributed by atoms with Crippen LogP contribution in [0.5, 0.6) is 17.2 Å². The van der Waals surface area contributed by atoms with Crippen LogP contribution in [0.2, 0.25) is 0 Å². The molecule has 0 heterocycles. The summed E-state index contributed by atoms with van der Waals surface area (Å²) >= 11 is 8.79. The van der Waals surface area contributed by atoms with Gasteiger partial charge in [0.25, 0.3) is 0 Å². The molecule has 6 heteroatoms. The summed E-state index contributed by atoms with van der Waals surface area (Å²) in [6, 6.07) is 10.7. The van der Waals surface area contributed by atoms with Gasteiger partial charge >= 0.3 is 0 Å². The van der Waals surface area contributed by atoms with E-state index >= 15 is 0 Å². The van der Waals surface area contributed by atoms with Crippen molar-refractivity contribution in [2.45, 2.75) is 6.42 Å². The minimum Gasteiger partial charge on any atom is -0.493 e. The number of carbonyl (C=O) groups excluding carboxylic acids is 1. The third kappa shape index (κ3) is 4.13. The van der Waals surface area contributed by atoms with Crippen LogP contribution in [0.3, 0.4) is 0 Å². The van der Waals surface area contributed by atoms with E-state index in [2.05, 4.69) is 15.9 Å². The largest absolute Gasteiger partial charge is 0.493 e. The minimum absolute atomic E-state index is 0.0405. The summed E-state index contributed by atoms with van der Waals surface area (Å²) in [5, 5.41) is 0. The van der Waals surface area contributed by atoms with E-state index in [4.69, 9.17) is 26.4 Å². The molecule has 0 saturated heterocycles. The van der Waals surface area contributed by atoms with E-state index in [-0.39, 0.29) is 12.2 Å². The topological polar surface area (TPSA) is 44.8 Å². The first-order valence-electron chi connectivity index (χ1n) is 7.12. The van der Waals surface area contributed by atoms with Crippen LogP contribution in [-0.4, -0.2) is 32.0 Å². The Morgan fingerprint density at radius 2 is 1.50 bits per heavy atom. The van der Waals surface area contributed by atoms with Gasteiger partial charge in [-0.3, -0.25) is 4.79 Å². The molecule has 0 aliphatic heterocycles. The Balaban J connectivity index is 2.26. The van der Waals surface area contributed by atoms with E-state index in [9.17, 15) is 4.79 Å². The van der Waals surface area contributed by atoms with Gasteiger partial charge in [-0.1, -0.05) is 40.3 Å². The zero-order valence-electron chi connectivity index (χ0n) is 13.6. The van der Waals surface area contributed by atoms with Crippen molar-refractivity contribution >= 4 is 38.8 Å². The van der Waals surface area contributed by atoms with Gasteiger partial charge < -0.3 is 14.2 Å². The molecule has 0 fully saturated rings. The first kappa shape index (κ1) is 18.4. The molecule has 0 atom stereocenters. The zero-order valence-corrected chi connectivity index (χ0v) is 16.0. The molecule has 0 amide bonds. The van der Waals surface area contributed by atoms with Crippen LogP contribution in [0, 0.1) is 0 Å². The Hall–Kier alpha value is -1.92. The van der Waals surface area contributed by atoms with Gasteiger partial charge in [-0.05, 0) is 29.8 Å². The fraction of sp³-hybridized carbons (Fsp3) is 0.222. The van der Waals surface area contributed by atoms with E-state index in [0.717, 1.165) is 4.47 Å². The number of methoxy groups -OCH3 is 3. The second kappa shape index (κ2) is 8.26. The standard InChI is InChI=1S/C18H17BrO4S/c1-21-15-8-12(9-16(22-2)18(15)23-3)17(24)10-14(20)11-4-6-13(19)7-5-11/h4-9H,10H2,1-3H3. The van der Waals surface area contributed by atoms with Crippen LogP contribution >= 0.6 is 28.1 Å². The molecular weight excluding hydrogens is 392 g/mol. The summed E-state index contributed by atoms with van der Waals surface area (Å²) in [6.07, 6.45) is 0.135. The molecule has 0 aromatic heterocycles. The number of ether oxygens (including phenoxy) is 3. The second-order valence-corrected chi connectivity index (χ2v) is 6.35. The molecule has 0 aliphatic rings. The number of hydrogen-bond donors (Lipinski definition) is 0. The lowest BCUT2D eigenvalue weighted by Gasteiger charge is -2.14. The number of benzene rings is 2. The molecule has 0 radical (unpaired) electrons. The van der Waals surface area contributed by atoms with Gasteiger partial charge in [0, 0.05) is 21.3 Å². The highest BCUT2D eigenvalue weighted by Gasteiger charge is 2.17. The number of ketones is 1. The molecule has 0 unspecified atom stereocenters. The van der Waals surface area contributed by atoms with E-state index in [1.165, 1.54) is 21.3 Å². The summed E-state index contributed by atoms with van der Waals surface area (Å²) in [5.74, 6) is 1.46. The highest BCUT2D eigenvalue weighted by Crippen LogP contribution is 2.38. The maximum absolute atomic E-state index is 12.4. The smallest absolute Gasteiger partial charge is 0.203 e. The summed E-state index contributed by atoms with van der Waals surface area (Å²) in [5.41, 5.74) is 1.32. The van der Waals surface area contributed by atoms with Crippen molar-refractivity contribution < 1.29 is 19.0 Å². The molecule has 0 aliphatic carbocycles. The molecule has 0 bridgehead atoms. The highest BCUT2D eigenvalue weighted by atomic mass is 79.9. The van der Waals surface area contributed by atoms with Crippen LogP contribution in [0.25, 0.3) is 0 Å². The zero-order chi connectivity index (χ0) is 17.7. The number of hydrogen-bond acceptors (Lipinski definition) is 5. The lowest BCUT2D eigenvalue weighted by molar-refractivity contribution is 0.100. The van der Waals surface area contributed by atoms with Crippen molar-refractivity contribution in [2.75, 3.05) is 21.3 Å². The first-order chi connectivity index (χ1) is 11.5. The van der Waals surface area contributed by atoms with Crippen LogP contribution in [0.15, 0.2) is 40.9 Å². The van der Waals surface area contributed by atoms with Crippen molar-refractivity contribution in [3.05, 3.63) is 52.0 Å². The Morgan fingerprint density at radius 3 is 1.96 bits per heavy atom. The second-order valence-electron chi connectivity index (χ2n) is 4.94. The van der Waals surface area contributed by atoms with Crippen molar-refractivity contribution in [1.29, 1.82) is 0 Å². The predicted molar refractivity (Wildman–Crippen MR) is 101 cm³/mol. The predicted octanol–water partition coefficient (Wildman–Crippen LogP) is 4.47. The van der Waals surface area contributed by atoms with Crippen molar-refractivity contribution in [2.24, 2.45) is 0 Å². The van der Waals surface area contributed by atoms with Gasteiger partial charge in [-0.15, -0.1) is 0 Å². The SMILES string of the molecule is COc1cc(C(=S)CC(=O)c2ccc(Br)cc2)cc(OC)c1OC. The molecule has 24 heavy (non-hydrogen) atoms. The molecule has 4 nitrogen and oxygen atoms in total. The molecule has 0 saturated carbocycles. The number of Topliss-reactive ketones (excluding diaryl/α,β-unsaturated/α-hetero) is 1. The minimum atomic E-state index is -0.0405. The van der Waals surface area contributed by atoms with Crippen molar-refractivity contribution in [3.8, 4) is 17.2 Å². The third-order valence-electron chi connectivity index (χ3n) is 3.47. The molecule has 0 N–H and O–H groups in total. The maximum Gasteiger partial charge on any atom is 0.203 e. The third-order valence-corrected chi connectivity index (χ3v) is 4.38. The van der Waals surface area contributed by atoms with Crippen LogP contribution in [0.1, 0.15) is 22.3 Å². The quantitative estimate of drug-likeness (QED) is 0.499. The Morgan fingerprint density at radius 1 is 0.958 bits per heavy atom. The fourth-order valence-corrected chi connectivity index (χ4v) is 2.74. The highest BCUT2D eigenvalue weighted by molar-refractivity contribution is 9.10. The van der Waals surface area contributed by atoms with E-state index in [1.54, 1.807) is 24.3 Å². The van der Waals surface area contributed by atoms with Crippen LogP contribution < -0.4 is 14.2 Å². The van der Waals surface area contributed by atoms with E-state index < -0.39 is 0 Å². The lowest BCUT2D eigenvalue weighted by Crippen LogP contribution is -2.08. The number of halogens is 1. The molecule has 2 aromatic carbocycles. The average molecular weight is 409 g/mol. The maximum atomic E-state index is 12.4. The number of thiocarbonyl (C=S) groups is 1. The Kier molecular flexibility index (Phi) is 6.34. The van der Waals surface area contributed by atoms with Gasteiger partial charge in [0.2, 0.25) is 5.75 Å². The van der Waals surface area contributed by atoms with Crippen molar-refractivity contribution in [3.63, 3.8) is 0 Å². The number of rotatable bonds is 7. The Labute approximate surface area is 154 Å². The Bertz CT molecular complexity index is 731. The molecule has 0 spiro atoms. The lowest BCUT2D eigenvalue weighted by atomic mass is 10.0. The number of carbonyl (C=O) groups is 1. The molecule has 2 rings (SSSR count). The van der Waals surface area contributed by atoms with Gasteiger partial charge in [-0.2, -0.15) is 0 Å². The summed E-state index contributed by atoms with van der Waals surface area (Å²) in [6.45, 7) is 0. The van der Waals surface area contributed by atoms with Crippen LogP contribution in [0.4, 0.5) is 0 Å². The summed E-state index contributed by atoms with van der Waals surface area (Å²) in [7, 11) is 4.61. The van der Waals surface area contributed by atoms with E-state index in [1.807, 2.05) is 12.1 Å². The normalized spacial score (nSPS) is 10.2. The van der Waals surface area contributed by atoms with E-state index in [0.29, 0.717) is 33.2 Å². The average Bonchev–Trinajstić information content (AvgIpc) is 2.60. The van der Waals surface area contributed by atoms with Gasteiger partial charge in [0.05, 0.1) is 21.3 Å². The first-order valence-corrected chi connectivity index (χ1v) is 8.32. The monoisotopic (exact) mass is 408 g/mol.